The number of rotatable bonds is 3. The number of ether oxygens (including phenoxy) is 1. The lowest BCUT2D eigenvalue weighted by molar-refractivity contribution is 0.0937. The number of primary sulfonamides is 1. The van der Waals surface area contributed by atoms with Gasteiger partial charge in [-0.15, -0.1) is 0 Å². The van der Waals surface area contributed by atoms with Crippen LogP contribution in [0.4, 0.5) is 8.78 Å². The molecule has 1 aliphatic rings. The standard InChI is InChI=1S/C14H19F2NO3S/c1-8-3-4-11(5-9(8)2)20-14-12(16)6-10(15)7-13(14)21(17,18)19/h6-9,11H,3-5H2,1-2H3,(H2,17,18,19). The first-order valence-electron chi connectivity index (χ1n) is 6.87. The third kappa shape index (κ3) is 3.71. The highest BCUT2D eigenvalue weighted by atomic mass is 32.2. The number of benzene rings is 1. The van der Waals surface area contributed by atoms with E-state index < -0.39 is 32.3 Å². The molecule has 118 valence electrons. The van der Waals surface area contributed by atoms with Crippen LogP contribution < -0.4 is 9.88 Å². The molecule has 0 bridgehead atoms. The topological polar surface area (TPSA) is 69.4 Å². The van der Waals surface area contributed by atoms with E-state index in [-0.39, 0.29) is 6.10 Å². The zero-order valence-electron chi connectivity index (χ0n) is 12.0. The summed E-state index contributed by atoms with van der Waals surface area (Å²) in [5.74, 6) is -1.60. The van der Waals surface area contributed by atoms with Crippen molar-refractivity contribution in [3.05, 3.63) is 23.8 Å². The van der Waals surface area contributed by atoms with Gasteiger partial charge in [0.1, 0.15) is 10.7 Å². The zero-order chi connectivity index (χ0) is 15.8. The van der Waals surface area contributed by atoms with E-state index in [9.17, 15) is 17.2 Å². The van der Waals surface area contributed by atoms with E-state index in [1.54, 1.807) is 0 Å². The predicted molar refractivity (Wildman–Crippen MR) is 74.3 cm³/mol. The number of hydrogen-bond donors (Lipinski definition) is 1. The maximum Gasteiger partial charge on any atom is 0.241 e. The molecular weight excluding hydrogens is 300 g/mol. The number of nitrogens with two attached hydrogens (primary N) is 1. The van der Waals surface area contributed by atoms with Crippen molar-refractivity contribution in [2.75, 3.05) is 0 Å². The van der Waals surface area contributed by atoms with E-state index >= 15 is 0 Å². The first-order chi connectivity index (χ1) is 9.68. The summed E-state index contributed by atoms with van der Waals surface area (Å²) in [6.07, 6.45) is 2.02. The summed E-state index contributed by atoms with van der Waals surface area (Å²) in [5.41, 5.74) is 0. The van der Waals surface area contributed by atoms with Crippen LogP contribution in [0, 0.1) is 23.5 Å². The van der Waals surface area contributed by atoms with Crippen LogP contribution in [0.15, 0.2) is 17.0 Å². The van der Waals surface area contributed by atoms with Crippen LogP contribution >= 0.6 is 0 Å². The van der Waals surface area contributed by atoms with Crippen molar-refractivity contribution in [3.63, 3.8) is 0 Å². The van der Waals surface area contributed by atoms with Crippen molar-refractivity contribution < 1.29 is 21.9 Å². The molecule has 7 heteroatoms. The normalized spacial score (nSPS) is 26.6. The molecule has 0 aliphatic heterocycles. The molecule has 0 spiro atoms. The lowest BCUT2D eigenvalue weighted by atomic mass is 9.80. The monoisotopic (exact) mass is 319 g/mol. The fourth-order valence-electron chi connectivity index (χ4n) is 2.63. The van der Waals surface area contributed by atoms with Crippen LogP contribution in [0.5, 0.6) is 5.75 Å². The third-order valence-electron chi connectivity index (χ3n) is 4.12. The lowest BCUT2D eigenvalue weighted by Crippen LogP contribution is -2.29. The minimum absolute atomic E-state index is 0.295. The van der Waals surface area contributed by atoms with Crippen molar-refractivity contribution in [3.8, 4) is 5.75 Å². The molecular formula is C14H19F2NO3S. The number of halogens is 2. The van der Waals surface area contributed by atoms with Crippen LogP contribution in [-0.4, -0.2) is 14.5 Å². The van der Waals surface area contributed by atoms with E-state index in [1.807, 2.05) is 0 Å². The molecule has 3 unspecified atom stereocenters. The Morgan fingerprint density at radius 2 is 1.86 bits per heavy atom. The third-order valence-corrected chi connectivity index (χ3v) is 5.03. The predicted octanol–water partition coefficient (Wildman–Crippen LogP) is 2.82. The van der Waals surface area contributed by atoms with Gasteiger partial charge in [0.2, 0.25) is 10.0 Å². The zero-order valence-corrected chi connectivity index (χ0v) is 12.8. The smallest absolute Gasteiger partial charge is 0.241 e. The number of hydrogen-bond acceptors (Lipinski definition) is 3. The Morgan fingerprint density at radius 3 is 2.43 bits per heavy atom. The van der Waals surface area contributed by atoms with Crippen molar-refractivity contribution in [1.29, 1.82) is 0 Å². The fraction of sp³-hybridized carbons (Fsp3) is 0.571. The quantitative estimate of drug-likeness (QED) is 0.931. The second-order valence-corrected chi connectivity index (χ2v) is 7.30. The van der Waals surface area contributed by atoms with Gasteiger partial charge in [-0.2, -0.15) is 0 Å². The summed E-state index contributed by atoms with van der Waals surface area (Å²) in [6.45, 7) is 4.21. The molecule has 1 saturated carbocycles. The summed E-state index contributed by atoms with van der Waals surface area (Å²) < 4.78 is 55.6. The van der Waals surface area contributed by atoms with Crippen molar-refractivity contribution in [2.24, 2.45) is 17.0 Å². The van der Waals surface area contributed by atoms with Gasteiger partial charge in [0.15, 0.2) is 11.6 Å². The van der Waals surface area contributed by atoms with Gasteiger partial charge in [-0.05, 0) is 37.2 Å². The van der Waals surface area contributed by atoms with Crippen molar-refractivity contribution >= 4 is 10.0 Å². The second kappa shape index (κ2) is 5.88. The van der Waals surface area contributed by atoms with Crippen LogP contribution in [0.2, 0.25) is 0 Å². The summed E-state index contributed by atoms with van der Waals surface area (Å²) in [4.78, 5) is -0.647. The summed E-state index contributed by atoms with van der Waals surface area (Å²) in [5, 5.41) is 5.01. The minimum Gasteiger partial charge on any atom is -0.486 e. The van der Waals surface area contributed by atoms with Gasteiger partial charge in [0.05, 0.1) is 6.10 Å². The Morgan fingerprint density at radius 1 is 1.19 bits per heavy atom. The minimum atomic E-state index is -4.26. The molecule has 0 radical (unpaired) electrons. The summed E-state index contributed by atoms with van der Waals surface area (Å²) in [6, 6.07) is 1.28. The molecule has 3 atom stereocenters. The first kappa shape index (κ1) is 16.2. The van der Waals surface area contributed by atoms with E-state index in [1.165, 1.54) is 0 Å². The Kier molecular flexibility index (Phi) is 4.53. The Labute approximate surface area is 123 Å². The van der Waals surface area contributed by atoms with Crippen LogP contribution in [0.3, 0.4) is 0 Å². The largest absolute Gasteiger partial charge is 0.486 e. The Balaban J connectivity index is 2.32. The highest BCUT2D eigenvalue weighted by Crippen LogP contribution is 2.35. The maximum atomic E-state index is 13.9. The average molecular weight is 319 g/mol. The molecule has 2 rings (SSSR count). The number of sulfonamides is 1. The molecule has 0 amide bonds. The Bertz CT molecular complexity index is 633. The molecule has 4 nitrogen and oxygen atoms in total. The molecule has 0 saturated heterocycles. The molecule has 0 heterocycles. The maximum absolute atomic E-state index is 13.9. The molecule has 1 fully saturated rings. The first-order valence-corrected chi connectivity index (χ1v) is 8.41. The molecule has 21 heavy (non-hydrogen) atoms. The lowest BCUT2D eigenvalue weighted by Gasteiger charge is -2.32. The fourth-order valence-corrected chi connectivity index (χ4v) is 3.32. The second-order valence-electron chi connectivity index (χ2n) is 5.77. The van der Waals surface area contributed by atoms with Gasteiger partial charge in [-0.1, -0.05) is 13.8 Å². The van der Waals surface area contributed by atoms with E-state index in [0.29, 0.717) is 36.8 Å². The highest BCUT2D eigenvalue weighted by molar-refractivity contribution is 7.89. The van der Waals surface area contributed by atoms with Crippen molar-refractivity contribution in [1.82, 2.24) is 0 Å². The molecule has 1 aromatic rings. The van der Waals surface area contributed by atoms with Crippen molar-refractivity contribution in [2.45, 2.75) is 44.1 Å². The highest BCUT2D eigenvalue weighted by Gasteiger charge is 2.29. The average Bonchev–Trinajstić information content (AvgIpc) is 2.35. The molecule has 1 aliphatic carbocycles. The summed E-state index contributed by atoms with van der Waals surface area (Å²) >= 11 is 0. The van der Waals surface area contributed by atoms with Crippen LogP contribution in [-0.2, 0) is 10.0 Å². The van der Waals surface area contributed by atoms with Crippen LogP contribution in [0.1, 0.15) is 33.1 Å². The SMILES string of the molecule is CC1CCC(Oc2c(F)cc(F)cc2S(N)(=O)=O)CC1C. The van der Waals surface area contributed by atoms with Gasteiger partial charge < -0.3 is 4.74 Å². The van der Waals surface area contributed by atoms with Crippen LogP contribution in [0.25, 0.3) is 0 Å². The van der Waals surface area contributed by atoms with Gasteiger partial charge in [-0.25, -0.2) is 22.3 Å². The van der Waals surface area contributed by atoms with Gasteiger partial charge in [0, 0.05) is 6.07 Å². The van der Waals surface area contributed by atoms with E-state index in [2.05, 4.69) is 13.8 Å². The van der Waals surface area contributed by atoms with E-state index in [0.717, 1.165) is 6.42 Å². The molecule has 1 aromatic carbocycles. The molecule has 0 aromatic heterocycles. The van der Waals surface area contributed by atoms with Gasteiger partial charge >= 0.3 is 0 Å². The molecule has 2 N–H and O–H groups in total. The van der Waals surface area contributed by atoms with Gasteiger partial charge in [0.25, 0.3) is 0 Å². The Hall–Kier alpha value is -1.21. The van der Waals surface area contributed by atoms with E-state index in [4.69, 9.17) is 9.88 Å². The summed E-state index contributed by atoms with van der Waals surface area (Å²) in [7, 11) is -4.26. The van der Waals surface area contributed by atoms with Gasteiger partial charge in [-0.3, -0.25) is 0 Å².